The van der Waals surface area contributed by atoms with E-state index in [9.17, 15) is 8.78 Å². The van der Waals surface area contributed by atoms with Gasteiger partial charge >= 0.3 is 0 Å². The van der Waals surface area contributed by atoms with Gasteiger partial charge in [0.2, 0.25) is 5.92 Å². The van der Waals surface area contributed by atoms with Crippen molar-refractivity contribution in [3.63, 3.8) is 0 Å². The highest BCUT2D eigenvalue weighted by Crippen LogP contribution is 2.50. The van der Waals surface area contributed by atoms with Gasteiger partial charge < -0.3 is 14.0 Å². The van der Waals surface area contributed by atoms with Crippen molar-refractivity contribution in [3.05, 3.63) is 71.1 Å². The first-order chi connectivity index (χ1) is 17.0. The fourth-order valence-corrected chi connectivity index (χ4v) is 5.53. The summed E-state index contributed by atoms with van der Waals surface area (Å²) in [5.41, 5.74) is 3.56. The lowest BCUT2D eigenvalue weighted by Crippen LogP contribution is -2.37. The number of alkyl halides is 2. The van der Waals surface area contributed by atoms with Crippen molar-refractivity contribution in [1.82, 2.24) is 14.5 Å². The van der Waals surface area contributed by atoms with E-state index in [1.165, 1.54) is 0 Å². The number of fused-ring (bicyclic) bond motifs is 3. The Labute approximate surface area is 214 Å². The van der Waals surface area contributed by atoms with E-state index in [0.717, 1.165) is 40.6 Å². The quantitative estimate of drug-likeness (QED) is 0.271. The summed E-state index contributed by atoms with van der Waals surface area (Å²) in [6.07, 6.45) is 2.82. The lowest BCUT2D eigenvalue weighted by atomic mass is 9.80. The third-order valence-corrected chi connectivity index (χ3v) is 7.32. The van der Waals surface area contributed by atoms with Gasteiger partial charge in [0.15, 0.2) is 0 Å². The van der Waals surface area contributed by atoms with E-state index in [1.807, 2.05) is 48.5 Å². The predicted octanol–water partition coefficient (Wildman–Crippen LogP) is 7.32. The molecule has 36 heavy (non-hydrogen) atoms. The summed E-state index contributed by atoms with van der Waals surface area (Å²) in [5.74, 6) is -2.18. The molecule has 2 unspecified atom stereocenters. The number of halogens is 3. The average molecular weight is 514 g/mol. The molecule has 2 aromatic carbocycles. The van der Waals surface area contributed by atoms with E-state index in [0.29, 0.717) is 30.4 Å². The molecule has 6 rings (SSSR count). The number of hydrogen-bond acceptors (Lipinski definition) is 4. The standard InChI is InChI=1S/C27H26ClF2N3O2.CH4/c28-19-6-7-23-22(10-19)25-24(14-31-23)32-26(18-12-27(29,30)13-18)33(25)20-8-9-35-21(11-20)16-34-15-17-4-2-1-3-5-17;/h1-7,10,14,18,20-21H,8-9,11-13,15-16H2;1H4. The van der Waals surface area contributed by atoms with Crippen LogP contribution in [0.1, 0.15) is 56.5 Å². The Bertz CT molecular complexity index is 1350. The van der Waals surface area contributed by atoms with E-state index < -0.39 is 5.92 Å². The zero-order valence-corrected chi connectivity index (χ0v) is 19.9. The summed E-state index contributed by atoms with van der Waals surface area (Å²) in [4.78, 5) is 9.37. The maximum atomic E-state index is 13.8. The first-order valence-electron chi connectivity index (χ1n) is 12.0. The van der Waals surface area contributed by atoms with Crippen molar-refractivity contribution in [2.75, 3.05) is 13.2 Å². The molecule has 2 aromatic heterocycles. The number of aromatic nitrogens is 3. The summed E-state index contributed by atoms with van der Waals surface area (Å²) in [6, 6.07) is 15.7. The van der Waals surface area contributed by atoms with Gasteiger partial charge in [0.1, 0.15) is 11.3 Å². The SMILES string of the molecule is C.FC1(F)CC(c2nc3cnc4ccc(Cl)cc4c3n2C2CCOC(COCc3ccccc3)C2)C1. The first kappa shape index (κ1) is 25.1. The molecule has 2 atom stereocenters. The first-order valence-corrected chi connectivity index (χ1v) is 12.4. The number of hydrogen-bond donors (Lipinski definition) is 0. The molecule has 0 bridgehead atoms. The highest BCUT2D eigenvalue weighted by molar-refractivity contribution is 6.31. The molecule has 0 amide bonds. The summed E-state index contributed by atoms with van der Waals surface area (Å²) in [5, 5.41) is 1.50. The van der Waals surface area contributed by atoms with Crippen molar-refractivity contribution in [2.45, 2.75) is 63.7 Å². The van der Waals surface area contributed by atoms with Gasteiger partial charge in [-0.25, -0.2) is 13.8 Å². The van der Waals surface area contributed by atoms with Crippen LogP contribution in [0.15, 0.2) is 54.7 Å². The van der Waals surface area contributed by atoms with Crippen molar-refractivity contribution >= 4 is 33.5 Å². The highest BCUT2D eigenvalue weighted by Gasteiger charge is 2.48. The number of nitrogens with zero attached hydrogens (tertiary/aromatic N) is 3. The Morgan fingerprint density at radius 1 is 1.11 bits per heavy atom. The number of imidazole rings is 1. The second kappa shape index (κ2) is 10.0. The fourth-order valence-electron chi connectivity index (χ4n) is 5.36. The third-order valence-electron chi connectivity index (χ3n) is 7.08. The lowest BCUT2D eigenvalue weighted by molar-refractivity contribution is -0.0905. The maximum Gasteiger partial charge on any atom is 0.249 e. The van der Waals surface area contributed by atoms with Crippen LogP contribution in [0.5, 0.6) is 0 Å². The molecule has 2 fully saturated rings. The van der Waals surface area contributed by atoms with Crippen molar-refractivity contribution in [1.29, 1.82) is 0 Å². The Hall–Kier alpha value is -2.61. The molecule has 2 aliphatic rings. The second-order valence-corrected chi connectivity index (χ2v) is 10.1. The molecule has 0 N–H and O–H groups in total. The van der Waals surface area contributed by atoms with Crippen LogP contribution in [-0.2, 0) is 16.1 Å². The van der Waals surface area contributed by atoms with E-state index in [1.54, 1.807) is 6.20 Å². The molecule has 0 radical (unpaired) electrons. The summed E-state index contributed by atoms with van der Waals surface area (Å²) in [7, 11) is 0. The van der Waals surface area contributed by atoms with Gasteiger partial charge in [0.05, 0.1) is 36.5 Å². The predicted molar refractivity (Wildman–Crippen MR) is 138 cm³/mol. The van der Waals surface area contributed by atoms with Crippen LogP contribution in [0, 0.1) is 0 Å². The number of benzene rings is 2. The minimum Gasteiger partial charge on any atom is -0.376 e. The molecule has 1 saturated carbocycles. The van der Waals surface area contributed by atoms with Crippen LogP contribution in [0.25, 0.3) is 21.9 Å². The molecule has 5 nitrogen and oxygen atoms in total. The van der Waals surface area contributed by atoms with Gasteiger partial charge in [-0.3, -0.25) is 4.98 Å². The minimum absolute atomic E-state index is 0. The number of rotatable bonds is 6. The number of pyridine rings is 1. The van der Waals surface area contributed by atoms with Crippen LogP contribution >= 0.6 is 11.6 Å². The van der Waals surface area contributed by atoms with Crippen LogP contribution in [-0.4, -0.2) is 39.8 Å². The van der Waals surface area contributed by atoms with E-state index in [2.05, 4.69) is 9.55 Å². The Kier molecular flexibility index (Phi) is 6.99. The van der Waals surface area contributed by atoms with Gasteiger partial charge in [-0.2, -0.15) is 0 Å². The highest BCUT2D eigenvalue weighted by atomic mass is 35.5. The van der Waals surface area contributed by atoms with Crippen molar-refractivity contribution < 1.29 is 18.3 Å². The van der Waals surface area contributed by atoms with E-state index in [-0.39, 0.29) is 38.3 Å². The smallest absolute Gasteiger partial charge is 0.249 e. The zero-order valence-electron chi connectivity index (χ0n) is 19.2. The minimum atomic E-state index is -2.62. The third kappa shape index (κ3) is 4.84. The molecule has 0 spiro atoms. The van der Waals surface area contributed by atoms with Crippen LogP contribution in [0.2, 0.25) is 5.02 Å². The second-order valence-electron chi connectivity index (χ2n) is 9.63. The van der Waals surface area contributed by atoms with Gasteiger partial charge in [-0.1, -0.05) is 49.4 Å². The van der Waals surface area contributed by atoms with E-state index in [4.69, 9.17) is 26.1 Å². The lowest BCUT2D eigenvalue weighted by Gasteiger charge is -2.37. The van der Waals surface area contributed by atoms with Gasteiger partial charge in [0.25, 0.3) is 0 Å². The Morgan fingerprint density at radius 2 is 1.92 bits per heavy atom. The number of ether oxygens (including phenoxy) is 2. The average Bonchev–Trinajstić information content (AvgIpc) is 3.23. The Balaban J connectivity index is 0.00000267. The van der Waals surface area contributed by atoms with Crippen molar-refractivity contribution in [3.8, 4) is 0 Å². The molecule has 1 aliphatic carbocycles. The van der Waals surface area contributed by atoms with Crippen molar-refractivity contribution in [2.24, 2.45) is 0 Å². The molecule has 4 aromatic rings. The maximum absolute atomic E-state index is 13.8. The van der Waals surface area contributed by atoms with Crippen LogP contribution in [0.4, 0.5) is 8.78 Å². The van der Waals surface area contributed by atoms with Crippen LogP contribution < -0.4 is 0 Å². The summed E-state index contributed by atoms with van der Waals surface area (Å²) < 4.78 is 41.9. The molecular weight excluding hydrogens is 484 g/mol. The summed E-state index contributed by atoms with van der Waals surface area (Å²) >= 11 is 6.34. The van der Waals surface area contributed by atoms with Gasteiger partial charge in [0, 0.05) is 41.8 Å². The molecule has 3 heterocycles. The van der Waals surface area contributed by atoms with E-state index >= 15 is 0 Å². The molecular formula is C28H30ClF2N3O2. The molecule has 190 valence electrons. The molecule has 1 aliphatic heterocycles. The molecule has 8 heteroatoms. The monoisotopic (exact) mass is 513 g/mol. The van der Waals surface area contributed by atoms with Gasteiger partial charge in [-0.15, -0.1) is 0 Å². The normalized spacial score (nSPS) is 21.9. The van der Waals surface area contributed by atoms with Crippen LogP contribution in [0.3, 0.4) is 0 Å². The zero-order chi connectivity index (χ0) is 24.0. The molecule has 1 saturated heterocycles. The van der Waals surface area contributed by atoms with Gasteiger partial charge in [-0.05, 0) is 36.6 Å². The summed E-state index contributed by atoms with van der Waals surface area (Å²) in [6.45, 7) is 1.58. The topological polar surface area (TPSA) is 49.2 Å². The fraction of sp³-hybridized carbons (Fsp3) is 0.429. The largest absolute Gasteiger partial charge is 0.376 e. The Morgan fingerprint density at radius 3 is 2.69 bits per heavy atom.